The molecular formula is C12H15N3O2. The lowest BCUT2D eigenvalue weighted by Crippen LogP contribution is -2.15. The van der Waals surface area contributed by atoms with Crippen LogP contribution in [0.1, 0.15) is 29.7 Å². The molecule has 90 valence electrons. The van der Waals surface area contributed by atoms with Crippen LogP contribution in [-0.4, -0.2) is 20.5 Å². The molecule has 0 spiro atoms. The monoisotopic (exact) mass is 233 g/mol. The molecule has 0 amide bonds. The molecular weight excluding hydrogens is 218 g/mol. The number of nitrogens with zero attached hydrogens (tertiary/aromatic N) is 2. The molecule has 0 radical (unpaired) electrons. The van der Waals surface area contributed by atoms with Crippen LogP contribution in [0.2, 0.25) is 0 Å². The number of fused-ring (bicyclic) bond motifs is 1. The molecule has 0 aromatic carbocycles. The Balaban J connectivity index is 2.56. The molecule has 0 aliphatic rings. The second-order valence-corrected chi connectivity index (χ2v) is 4.14. The Labute approximate surface area is 98.9 Å². The Morgan fingerprint density at radius 3 is 2.88 bits per heavy atom. The first-order valence-corrected chi connectivity index (χ1v) is 5.42. The SMILES string of the molecule is Cc1cccc2c(C(N)CC(=O)O)nc(C)n12. The molecule has 17 heavy (non-hydrogen) atoms. The number of aliphatic carboxylic acids is 1. The van der Waals surface area contributed by atoms with Crippen molar-refractivity contribution in [3.05, 3.63) is 35.4 Å². The van der Waals surface area contributed by atoms with E-state index in [0.29, 0.717) is 5.69 Å². The highest BCUT2D eigenvalue weighted by Gasteiger charge is 2.18. The molecule has 2 aromatic rings. The third kappa shape index (κ3) is 2.01. The van der Waals surface area contributed by atoms with Gasteiger partial charge in [-0.3, -0.25) is 4.79 Å². The van der Waals surface area contributed by atoms with Gasteiger partial charge in [-0.2, -0.15) is 0 Å². The minimum Gasteiger partial charge on any atom is -0.481 e. The summed E-state index contributed by atoms with van der Waals surface area (Å²) in [5.41, 5.74) is 8.46. The van der Waals surface area contributed by atoms with E-state index in [1.807, 2.05) is 36.4 Å². The molecule has 2 aromatic heterocycles. The van der Waals surface area contributed by atoms with Crippen LogP contribution in [0, 0.1) is 13.8 Å². The molecule has 0 saturated heterocycles. The van der Waals surface area contributed by atoms with Crippen molar-refractivity contribution in [1.82, 2.24) is 9.38 Å². The first-order valence-electron chi connectivity index (χ1n) is 5.42. The number of carboxylic acids is 1. The molecule has 2 heterocycles. The van der Waals surface area contributed by atoms with Gasteiger partial charge in [-0.25, -0.2) is 4.98 Å². The van der Waals surface area contributed by atoms with Crippen LogP contribution in [0.15, 0.2) is 18.2 Å². The molecule has 3 N–H and O–H groups in total. The van der Waals surface area contributed by atoms with Gasteiger partial charge in [-0.1, -0.05) is 6.07 Å². The number of aryl methyl sites for hydroxylation is 2. The van der Waals surface area contributed by atoms with Crippen molar-refractivity contribution >= 4 is 11.5 Å². The molecule has 0 aliphatic heterocycles. The zero-order valence-corrected chi connectivity index (χ0v) is 9.84. The van der Waals surface area contributed by atoms with E-state index >= 15 is 0 Å². The highest BCUT2D eigenvalue weighted by Crippen LogP contribution is 2.21. The Morgan fingerprint density at radius 1 is 1.53 bits per heavy atom. The van der Waals surface area contributed by atoms with Crippen LogP contribution in [0.5, 0.6) is 0 Å². The quantitative estimate of drug-likeness (QED) is 0.840. The maximum atomic E-state index is 10.7. The van der Waals surface area contributed by atoms with Gasteiger partial charge in [-0.15, -0.1) is 0 Å². The van der Waals surface area contributed by atoms with E-state index in [9.17, 15) is 4.79 Å². The highest BCUT2D eigenvalue weighted by atomic mass is 16.4. The lowest BCUT2D eigenvalue weighted by molar-refractivity contribution is -0.137. The van der Waals surface area contributed by atoms with Gasteiger partial charge in [0.2, 0.25) is 0 Å². The van der Waals surface area contributed by atoms with E-state index in [1.54, 1.807) is 0 Å². The number of carbonyl (C=O) groups is 1. The predicted octanol–water partition coefficient (Wildman–Crippen LogP) is 1.43. The number of rotatable bonds is 3. The fraction of sp³-hybridized carbons (Fsp3) is 0.333. The van der Waals surface area contributed by atoms with Gasteiger partial charge < -0.3 is 15.2 Å². The Morgan fingerprint density at radius 2 is 2.24 bits per heavy atom. The van der Waals surface area contributed by atoms with Gasteiger partial charge in [0.05, 0.1) is 23.7 Å². The summed E-state index contributed by atoms with van der Waals surface area (Å²) in [5.74, 6) is -0.0853. The average molecular weight is 233 g/mol. The van der Waals surface area contributed by atoms with Crippen LogP contribution < -0.4 is 5.73 Å². The summed E-state index contributed by atoms with van der Waals surface area (Å²) in [4.78, 5) is 15.1. The number of aromatic nitrogens is 2. The third-order valence-corrected chi connectivity index (χ3v) is 2.80. The minimum atomic E-state index is -0.913. The highest BCUT2D eigenvalue weighted by molar-refractivity contribution is 5.69. The van der Waals surface area contributed by atoms with E-state index in [1.165, 1.54) is 0 Å². The van der Waals surface area contributed by atoms with Crippen molar-refractivity contribution in [3.63, 3.8) is 0 Å². The van der Waals surface area contributed by atoms with Gasteiger partial charge in [0.15, 0.2) is 0 Å². The van der Waals surface area contributed by atoms with Gasteiger partial charge in [0.1, 0.15) is 5.82 Å². The molecule has 1 atom stereocenters. The molecule has 5 heteroatoms. The van der Waals surface area contributed by atoms with Crippen LogP contribution in [0.3, 0.4) is 0 Å². The molecule has 0 aliphatic carbocycles. The minimum absolute atomic E-state index is 0.111. The van der Waals surface area contributed by atoms with Crippen molar-refractivity contribution in [3.8, 4) is 0 Å². The smallest absolute Gasteiger partial charge is 0.305 e. The lowest BCUT2D eigenvalue weighted by atomic mass is 10.1. The van der Waals surface area contributed by atoms with Gasteiger partial charge in [0.25, 0.3) is 0 Å². The fourth-order valence-electron chi connectivity index (χ4n) is 2.09. The van der Waals surface area contributed by atoms with Crippen molar-refractivity contribution in [2.24, 2.45) is 5.73 Å². The normalized spacial score (nSPS) is 12.9. The van der Waals surface area contributed by atoms with Gasteiger partial charge in [0, 0.05) is 5.69 Å². The third-order valence-electron chi connectivity index (χ3n) is 2.80. The van der Waals surface area contributed by atoms with E-state index in [4.69, 9.17) is 10.8 Å². The van der Waals surface area contributed by atoms with Crippen LogP contribution in [-0.2, 0) is 4.79 Å². The second-order valence-electron chi connectivity index (χ2n) is 4.14. The summed E-state index contributed by atoms with van der Waals surface area (Å²) in [5, 5.41) is 8.76. The van der Waals surface area contributed by atoms with Crippen molar-refractivity contribution in [1.29, 1.82) is 0 Å². The Hall–Kier alpha value is -1.88. The topological polar surface area (TPSA) is 80.6 Å². The maximum absolute atomic E-state index is 10.7. The summed E-state index contributed by atoms with van der Waals surface area (Å²) < 4.78 is 1.98. The van der Waals surface area contributed by atoms with Gasteiger partial charge in [-0.05, 0) is 26.0 Å². The van der Waals surface area contributed by atoms with Crippen molar-refractivity contribution in [2.45, 2.75) is 26.3 Å². The standard InChI is InChI=1S/C12H15N3O2/c1-7-4-3-5-10-12(9(13)6-11(16)17)14-8(2)15(7)10/h3-5,9H,6,13H2,1-2H3,(H,16,17). The molecule has 0 fully saturated rings. The van der Waals surface area contributed by atoms with E-state index in [0.717, 1.165) is 17.0 Å². The first-order chi connectivity index (χ1) is 8.00. The Bertz CT molecular complexity index is 574. The summed E-state index contributed by atoms with van der Waals surface area (Å²) in [6.07, 6.45) is -0.111. The number of hydrogen-bond acceptors (Lipinski definition) is 3. The van der Waals surface area contributed by atoms with E-state index in [-0.39, 0.29) is 6.42 Å². The number of carboxylic acid groups (broad SMARTS) is 1. The summed E-state index contributed by atoms with van der Waals surface area (Å²) >= 11 is 0. The molecule has 1 unspecified atom stereocenters. The van der Waals surface area contributed by atoms with E-state index in [2.05, 4.69) is 4.98 Å². The number of hydrogen-bond donors (Lipinski definition) is 2. The Kier molecular flexibility index (Phi) is 2.85. The fourth-order valence-corrected chi connectivity index (χ4v) is 2.09. The average Bonchev–Trinajstić information content (AvgIpc) is 2.56. The summed E-state index contributed by atoms with van der Waals surface area (Å²) in [7, 11) is 0. The molecule has 0 bridgehead atoms. The maximum Gasteiger partial charge on any atom is 0.305 e. The van der Waals surface area contributed by atoms with Crippen LogP contribution >= 0.6 is 0 Å². The zero-order chi connectivity index (χ0) is 12.6. The molecule has 0 saturated carbocycles. The number of pyridine rings is 1. The number of nitrogens with two attached hydrogens (primary N) is 1. The predicted molar refractivity (Wildman–Crippen MR) is 63.8 cm³/mol. The zero-order valence-electron chi connectivity index (χ0n) is 9.84. The summed E-state index contributed by atoms with van der Waals surface area (Å²) in [6, 6.07) is 5.24. The van der Waals surface area contributed by atoms with Crippen molar-refractivity contribution in [2.75, 3.05) is 0 Å². The molecule has 2 rings (SSSR count). The van der Waals surface area contributed by atoms with Crippen LogP contribution in [0.4, 0.5) is 0 Å². The first kappa shape index (κ1) is 11.6. The number of imidazole rings is 1. The van der Waals surface area contributed by atoms with E-state index < -0.39 is 12.0 Å². The second kappa shape index (κ2) is 4.18. The van der Waals surface area contributed by atoms with Crippen LogP contribution in [0.25, 0.3) is 5.52 Å². The molecule has 5 nitrogen and oxygen atoms in total. The van der Waals surface area contributed by atoms with Crippen molar-refractivity contribution < 1.29 is 9.90 Å². The summed E-state index contributed by atoms with van der Waals surface area (Å²) in [6.45, 7) is 3.87. The lowest BCUT2D eigenvalue weighted by Gasteiger charge is -2.06. The van der Waals surface area contributed by atoms with Gasteiger partial charge >= 0.3 is 5.97 Å². The largest absolute Gasteiger partial charge is 0.481 e.